The van der Waals surface area contributed by atoms with Crippen LogP contribution in [0.15, 0.2) is 58.4 Å². The summed E-state index contributed by atoms with van der Waals surface area (Å²) in [6, 6.07) is 9.95. The lowest BCUT2D eigenvalue weighted by Gasteiger charge is -2.02. The molecule has 180 valence electrons. The number of carbonyl (C=O) groups excluding carboxylic acids is 1. The number of methoxy groups -OCH3 is 1. The zero-order valence-electron chi connectivity index (χ0n) is 19.0. The van der Waals surface area contributed by atoms with E-state index in [1.165, 1.54) is 48.2 Å². The molecule has 2 N–H and O–H groups in total. The molecule has 0 saturated carbocycles. The standard InChI is InChI=1S/C24H22FN5O5/c1-14(26-10-9-15-13-27-20-8-3-16(25)11-19(15)20)23-21(12-22(31)35-2)28-29(24(23)32)17-4-6-18(7-5-17)30(33)34/h3-8,11,13,27-28H,9-10,12H2,1-2H3. The maximum absolute atomic E-state index is 13.6. The number of H-pyrrole nitrogens is 2. The van der Waals surface area contributed by atoms with E-state index in [9.17, 15) is 24.1 Å². The van der Waals surface area contributed by atoms with Crippen molar-refractivity contribution in [1.82, 2.24) is 14.8 Å². The molecule has 0 unspecified atom stereocenters. The molecule has 35 heavy (non-hydrogen) atoms. The van der Waals surface area contributed by atoms with Crippen LogP contribution in [-0.4, -0.2) is 45.0 Å². The number of hydrogen-bond donors (Lipinski definition) is 2. The Morgan fingerprint density at radius 2 is 1.97 bits per heavy atom. The van der Waals surface area contributed by atoms with E-state index in [1.54, 1.807) is 19.2 Å². The number of aliphatic imine (C=N–C) groups is 1. The Morgan fingerprint density at radius 1 is 1.23 bits per heavy atom. The van der Waals surface area contributed by atoms with Crippen molar-refractivity contribution in [1.29, 1.82) is 0 Å². The Morgan fingerprint density at radius 3 is 2.66 bits per heavy atom. The molecule has 0 fully saturated rings. The number of nitrogens with one attached hydrogen (secondary N) is 2. The van der Waals surface area contributed by atoms with Crippen LogP contribution in [-0.2, 0) is 22.4 Å². The second-order valence-corrected chi connectivity index (χ2v) is 7.85. The van der Waals surface area contributed by atoms with Crippen LogP contribution in [0.4, 0.5) is 10.1 Å². The number of non-ortho nitro benzene ring substituents is 1. The minimum Gasteiger partial charge on any atom is -0.469 e. The summed E-state index contributed by atoms with van der Waals surface area (Å²) in [7, 11) is 1.25. The number of carbonyl (C=O) groups is 1. The summed E-state index contributed by atoms with van der Waals surface area (Å²) in [5.41, 5.74) is 2.46. The molecular formula is C24H22FN5O5. The maximum atomic E-state index is 13.6. The fourth-order valence-corrected chi connectivity index (χ4v) is 3.89. The number of fused-ring (bicyclic) bond motifs is 1. The lowest BCUT2D eigenvalue weighted by molar-refractivity contribution is -0.384. The molecule has 10 nitrogen and oxygen atoms in total. The number of nitro groups is 1. The first-order valence-electron chi connectivity index (χ1n) is 10.7. The molecule has 0 amide bonds. The van der Waals surface area contributed by atoms with Crippen molar-refractivity contribution in [3.8, 4) is 5.69 Å². The van der Waals surface area contributed by atoms with E-state index in [1.807, 2.05) is 0 Å². The predicted molar refractivity (Wildman–Crippen MR) is 128 cm³/mol. The van der Waals surface area contributed by atoms with Crippen molar-refractivity contribution in [3.63, 3.8) is 0 Å². The number of halogens is 1. The zero-order valence-corrected chi connectivity index (χ0v) is 19.0. The van der Waals surface area contributed by atoms with Gasteiger partial charge in [0, 0.05) is 41.5 Å². The average Bonchev–Trinajstić information content (AvgIpc) is 3.39. The third-order valence-corrected chi connectivity index (χ3v) is 5.65. The first kappa shape index (κ1) is 23.6. The molecule has 0 radical (unpaired) electrons. The summed E-state index contributed by atoms with van der Waals surface area (Å²) in [6.07, 6.45) is 2.12. The molecule has 2 heterocycles. The molecule has 2 aromatic carbocycles. The van der Waals surface area contributed by atoms with Gasteiger partial charge in [0.2, 0.25) is 0 Å². The molecule has 0 atom stereocenters. The Labute approximate surface area is 198 Å². The van der Waals surface area contributed by atoms with Gasteiger partial charge in [0.05, 0.1) is 35.4 Å². The van der Waals surface area contributed by atoms with Crippen LogP contribution < -0.4 is 5.56 Å². The van der Waals surface area contributed by atoms with Crippen LogP contribution in [0.1, 0.15) is 23.7 Å². The number of benzene rings is 2. The van der Waals surface area contributed by atoms with E-state index in [2.05, 4.69) is 15.1 Å². The fraction of sp³-hybridized carbons (Fsp3) is 0.208. The van der Waals surface area contributed by atoms with Crippen LogP contribution in [0.5, 0.6) is 0 Å². The zero-order chi connectivity index (χ0) is 25.1. The number of aromatic nitrogens is 3. The lowest BCUT2D eigenvalue weighted by Crippen LogP contribution is -2.20. The summed E-state index contributed by atoms with van der Waals surface area (Å²) in [6.45, 7) is 2.00. The van der Waals surface area contributed by atoms with Crippen LogP contribution in [0.2, 0.25) is 0 Å². The second kappa shape index (κ2) is 9.75. The minimum absolute atomic E-state index is 0.113. The molecule has 0 bridgehead atoms. The number of hydrogen-bond acceptors (Lipinski definition) is 6. The Kier molecular flexibility index (Phi) is 6.58. The highest BCUT2D eigenvalue weighted by atomic mass is 19.1. The van der Waals surface area contributed by atoms with E-state index >= 15 is 0 Å². The summed E-state index contributed by atoms with van der Waals surface area (Å²) in [5.74, 6) is -0.874. The molecule has 0 spiro atoms. The monoisotopic (exact) mass is 479 g/mol. The number of aromatic amines is 2. The molecule has 2 aromatic heterocycles. The molecule has 0 saturated heterocycles. The average molecular weight is 479 g/mol. The number of nitrogens with zero attached hydrogens (tertiary/aromatic N) is 3. The van der Waals surface area contributed by atoms with E-state index in [0.717, 1.165) is 16.5 Å². The fourth-order valence-electron chi connectivity index (χ4n) is 3.89. The van der Waals surface area contributed by atoms with Crippen molar-refractivity contribution >= 4 is 28.3 Å². The molecule has 0 aliphatic carbocycles. The van der Waals surface area contributed by atoms with Gasteiger partial charge >= 0.3 is 5.97 Å². The summed E-state index contributed by atoms with van der Waals surface area (Å²) >= 11 is 0. The highest BCUT2D eigenvalue weighted by Crippen LogP contribution is 2.20. The quantitative estimate of drug-likeness (QED) is 0.173. The first-order valence-corrected chi connectivity index (χ1v) is 10.7. The molecule has 0 aliphatic heterocycles. The minimum atomic E-state index is -0.544. The lowest BCUT2D eigenvalue weighted by atomic mass is 10.1. The van der Waals surface area contributed by atoms with Crippen molar-refractivity contribution in [2.24, 2.45) is 4.99 Å². The van der Waals surface area contributed by atoms with Crippen molar-refractivity contribution in [2.75, 3.05) is 13.7 Å². The molecule has 0 aliphatic rings. The van der Waals surface area contributed by atoms with Crippen LogP contribution >= 0.6 is 0 Å². The number of esters is 1. The number of rotatable bonds is 8. The number of ether oxygens (including phenoxy) is 1. The summed E-state index contributed by atoms with van der Waals surface area (Å²) in [4.78, 5) is 43.2. The topological polar surface area (TPSA) is 135 Å². The Balaban J connectivity index is 1.64. The van der Waals surface area contributed by atoms with Crippen LogP contribution in [0, 0.1) is 15.9 Å². The van der Waals surface area contributed by atoms with Crippen molar-refractivity contribution < 1.29 is 18.8 Å². The number of nitro benzene ring substituents is 1. The molecular weight excluding hydrogens is 457 g/mol. The summed E-state index contributed by atoms with van der Waals surface area (Å²) < 4.78 is 19.6. The van der Waals surface area contributed by atoms with E-state index < -0.39 is 16.5 Å². The van der Waals surface area contributed by atoms with Gasteiger partial charge in [0.15, 0.2) is 0 Å². The predicted octanol–water partition coefficient (Wildman–Crippen LogP) is 3.46. The van der Waals surface area contributed by atoms with Gasteiger partial charge in [-0.1, -0.05) is 0 Å². The van der Waals surface area contributed by atoms with Gasteiger partial charge in [-0.15, -0.1) is 0 Å². The SMILES string of the molecule is COC(=O)Cc1[nH]n(-c2ccc([N+](=O)[O-])cc2)c(=O)c1C(C)=NCCc1c[nH]c2ccc(F)cc12. The van der Waals surface area contributed by atoms with Gasteiger partial charge in [0.1, 0.15) is 5.82 Å². The second-order valence-electron chi connectivity index (χ2n) is 7.85. The van der Waals surface area contributed by atoms with E-state index in [-0.39, 0.29) is 23.5 Å². The molecule has 11 heteroatoms. The smallest absolute Gasteiger partial charge is 0.311 e. The molecule has 4 aromatic rings. The van der Waals surface area contributed by atoms with E-state index in [0.29, 0.717) is 30.1 Å². The van der Waals surface area contributed by atoms with Gasteiger partial charge in [-0.3, -0.25) is 29.8 Å². The Bertz CT molecular complexity index is 1500. The van der Waals surface area contributed by atoms with Crippen molar-refractivity contribution in [3.05, 3.63) is 91.8 Å². The highest BCUT2D eigenvalue weighted by Gasteiger charge is 2.20. The third-order valence-electron chi connectivity index (χ3n) is 5.65. The van der Waals surface area contributed by atoms with Gasteiger partial charge in [-0.05, 0) is 49.2 Å². The highest BCUT2D eigenvalue weighted by molar-refractivity contribution is 6.00. The maximum Gasteiger partial charge on any atom is 0.311 e. The van der Waals surface area contributed by atoms with Crippen LogP contribution in [0.3, 0.4) is 0 Å². The molecule has 4 rings (SSSR count). The van der Waals surface area contributed by atoms with E-state index in [4.69, 9.17) is 4.74 Å². The van der Waals surface area contributed by atoms with Gasteiger partial charge in [-0.25, -0.2) is 9.07 Å². The Hall–Kier alpha value is -4.54. The van der Waals surface area contributed by atoms with Gasteiger partial charge < -0.3 is 9.72 Å². The van der Waals surface area contributed by atoms with Crippen molar-refractivity contribution in [2.45, 2.75) is 19.8 Å². The van der Waals surface area contributed by atoms with Gasteiger partial charge in [-0.2, -0.15) is 0 Å². The van der Waals surface area contributed by atoms with Gasteiger partial charge in [0.25, 0.3) is 11.2 Å². The van der Waals surface area contributed by atoms with Crippen LogP contribution in [0.25, 0.3) is 16.6 Å². The summed E-state index contributed by atoms with van der Waals surface area (Å²) in [5, 5.41) is 14.6. The third kappa shape index (κ3) is 4.88. The largest absolute Gasteiger partial charge is 0.469 e. The normalized spacial score (nSPS) is 11.7. The first-order chi connectivity index (χ1) is 16.8.